The Morgan fingerprint density at radius 1 is 1.29 bits per heavy atom. The van der Waals surface area contributed by atoms with Gasteiger partial charge in [0, 0.05) is 17.8 Å². The SMILES string of the molecule is COc1cccc(-c2cn(C3CCN(C)CC3)c(=O)[nH]2)c1. The Hall–Kier alpha value is -2.01. The molecule has 112 valence electrons. The Morgan fingerprint density at radius 3 is 2.76 bits per heavy atom. The zero-order valence-electron chi connectivity index (χ0n) is 12.5. The molecule has 2 heterocycles. The van der Waals surface area contributed by atoms with Gasteiger partial charge in [0.2, 0.25) is 0 Å². The van der Waals surface area contributed by atoms with Crippen LogP contribution in [0.4, 0.5) is 0 Å². The highest BCUT2D eigenvalue weighted by Crippen LogP contribution is 2.25. The number of methoxy groups -OCH3 is 1. The lowest BCUT2D eigenvalue weighted by atomic mass is 10.1. The second-order valence-corrected chi connectivity index (χ2v) is 5.65. The molecule has 1 saturated heterocycles. The van der Waals surface area contributed by atoms with Crippen LogP contribution in [0.15, 0.2) is 35.3 Å². The number of hydrogen-bond donors (Lipinski definition) is 1. The molecule has 5 nitrogen and oxygen atoms in total. The van der Waals surface area contributed by atoms with Crippen molar-refractivity contribution >= 4 is 0 Å². The maximum absolute atomic E-state index is 12.2. The molecule has 2 aromatic rings. The predicted molar refractivity (Wildman–Crippen MR) is 82.8 cm³/mol. The van der Waals surface area contributed by atoms with Gasteiger partial charge < -0.3 is 14.6 Å². The number of ether oxygens (including phenoxy) is 1. The number of aromatic amines is 1. The third-order valence-electron chi connectivity index (χ3n) is 4.21. The van der Waals surface area contributed by atoms with Crippen LogP contribution < -0.4 is 10.4 Å². The molecule has 1 aliphatic rings. The highest BCUT2D eigenvalue weighted by Gasteiger charge is 2.20. The first-order valence-electron chi connectivity index (χ1n) is 7.31. The molecule has 21 heavy (non-hydrogen) atoms. The number of aromatic nitrogens is 2. The van der Waals surface area contributed by atoms with Crippen LogP contribution >= 0.6 is 0 Å². The van der Waals surface area contributed by atoms with Crippen LogP contribution in [0, 0.1) is 0 Å². The van der Waals surface area contributed by atoms with E-state index in [1.54, 1.807) is 7.11 Å². The van der Waals surface area contributed by atoms with E-state index < -0.39 is 0 Å². The standard InChI is InChI=1S/C16H21N3O2/c1-18-8-6-13(7-9-18)19-11-15(17-16(19)20)12-4-3-5-14(10-12)21-2/h3-5,10-11,13H,6-9H2,1-2H3,(H,17,20). The zero-order valence-corrected chi connectivity index (χ0v) is 12.5. The van der Waals surface area contributed by atoms with E-state index >= 15 is 0 Å². The van der Waals surface area contributed by atoms with E-state index in [4.69, 9.17) is 4.74 Å². The monoisotopic (exact) mass is 287 g/mol. The van der Waals surface area contributed by atoms with Crippen LogP contribution in [0.25, 0.3) is 11.3 Å². The molecule has 1 fully saturated rings. The Morgan fingerprint density at radius 2 is 2.05 bits per heavy atom. The van der Waals surface area contributed by atoms with Crippen molar-refractivity contribution in [1.29, 1.82) is 0 Å². The number of nitrogens with one attached hydrogen (secondary N) is 1. The van der Waals surface area contributed by atoms with Crippen LogP contribution in [0.2, 0.25) is 0 Å². The maximum Gasteiger partial charge on any atom is 0.326 e. The van der Waals surface area contributed by atoms with Crippen LogP contribution in [-0.4, -0.2) is 41.7 Å². The minimum absolute atomic E-state index is 0.0256. The van der Waals surface area contributed by atoms with Gasteiger partial charge in [-0.05, 0) is 45.1 Å². The second-order valence-electron chi connectivity index (χ2n) is 5.65. The van der Waals surface area contributed by atoms with Gasteiger partial charge in [0.05, 0.1) is 12.8 Å². The van der Waals surface area contributed by atoms with Gasteiger partial charge in [-0.3, -0.25) is 4.57 Å². The van der Waals surface area contributed by atoms with Crippen molar-refractivity contribution < 1.29 is 4.74 Å². The van der Waals surface area contributed by atoms with E-state index in [-0.39, 0.29) is 5.69 Å². The van der Waals surface area contributed by atoms with Gasteiger partial charge in [-0.1, -0.05) is 12.1 Å². The first-order chi connectivity index (χ1) is 10.2. The quantitative estimate of drug-likeness (QED) is 0.940. The average molecular weight is 287 g/mol. The maximum atomic E-state index is 12.2. The molecule has 5 heteroatoms. The summed E-state index contributed by atoms with van der Waals surface area (Å²) >= 11 is 0. The van der Waals surface area contributed by atoms with Crippen molar-refractivity contribution in [1.82, 2.24) is 14.5 Å². The van der Waals surface area contributed by atoms with Crippen molar-refractivity contribution in [2.45, 2.75) is 18.9 Å². The smallest absolute Gasteiger partial charge is 0.326 e. The van der Waals surface area contributed by atoms with Crippen LogP contribution in [-0.2, 0) is 0 Å². The lowest BCUT2D eigenvalue weighted by Gasteiger charge is -2.29. The van der Waals surface area contributed by atoms with Gasteiger partial charge in [0.1, 0.15) is 5.75 Å². The summed E-state index contributed by atoms with van der Waals surface area (Å²) in [5.74, 6) is 0.792. The van der Waals surface area contributed by atoms with Crippen molar-refractivity contribution in [3.05, 3.63) is 40.9 Å². The molecule has 0 atom stereocenters. The number of imidazole rings is 1. The fourth-order valence-corrected chi connectivity index (χ4v) is 2.89. The largest absolute Gasteiger partial charge is 0.497 e. The van der Waals surface area contributed by atoms with Crippen molar-refractivity contribution in [3.8, 4) is 17.0 Å². The summed E-state index contributed by atoms with van der Waals surface area (Å²) in [7, 11) is 3.77. The van der Waals surface area contributed by atoms with E-state index in [0.717, 1.165) is 42.9 Å². The topological polar surface area (TPSA) is 50.3 Å². The number of hydrogen-bond acceptors (Lipinski definition) is 3. The van der Waals surface area contributed by atoms with E-state index in [2.05, 4.69) is 16.9 Å². The third-order valence-corrected chi connectivity index (χ3v) is 4.21. The molecule has 1 aromatic carbocycles. The van der Waals surface area contributed by atoms with Gasteiger partial charge >= 0.3 is 5.69 Å². The molecule has 3 rings (SSSR count). The Bertz CT molecular complexity index is 666. The zero-order chi connectivity index (χ0) is 14.8. The van der Waals surface area contributed by atoms with Crippen molar-refractivity contribution in [2.75, 3.05) is 27.2 Å². The first-order valence-corrected chi connectivity index (χ1v) is 7.31. The summed E-state index contributed by atoms with van der Waals surface area (Å²) in [6.07, 6.45) is 3.98. The summed E-state index contributed by atoms with van der Waals surface area (Å²) in [4.78, 5) is 17.5. The number of H-pyrrole nitrogens is 1. The molecule has 1 aliphatic heterocycles. The lowest BCUT2D eigenvalue weighted by Crippen LogP contribution is -2.34. The van der Waals surface area contributed by atoms with Gasteiger partial charge in [-0.15, -0.1) is 0 Å². The van der Waals surface area contributed by atoms with Crippen LogP contribution in [0.3, 0.4) is 0 Å². The molecule has 0 bridgehead atoms. The van der Waals surface area contributed by atoms with Gasteiger partial charge in [-0.2, -0.15) is 0 Å². The summed E-state index contributed by atoms with van der Waals surface area (Å²) in [6, 6.07) is 8.04. The molecule has 1 N–H and O–H groups in total. The van der Waals surface area contributed by atoms with Gasteiger partial charge in [-0.25, -0.2) is 4.79 Å². The van der Waals surface area contributed by atoms with Crippen LogP contribution in [0.1, 0.15) is 18.9 Å². The summed E-state index contributed by atoms with van der Waals surface area (Å²) in [5.41, 5.74) is 1.79. The number of piperidine rings is 1. The number of rotatable bonds is 3. The van der Waals surface area contributed by atoms with E-state index in [0.29, 0.717) is 6.04 Å². The Labute approximate surface area is 124 Å². The predicted octanol–water partition coefficient (Wildman–Crippen LogP) is 2.12. The van der Waals surface area contributed by atoms with E-state index in [9.17, 15) is 4.79 Å². The minimum Gasteiger partial charge on any atom is -0.497 e. The van der Waals surface area contributed by atoms with Crippen LogP contribution in [0.5, 0.6) is 5.75 Å². The molecule has 0 spiro atoms. The van der Waals surface area contributed by atoms with E-state index in [1.807, 2.05) is 35.0 Å². The molecule has 0 unspecified atom stereocenters. The molecule has 0 saturated carbocycles. The summed E-state index contributed by atoms with van der Waals surface area (Å²) in [6.45, 7) is 2.08. The molecule has 1 aromatic heterocycles. The van der Waals surface area contributed by atoms with Crippen molar-refractivity contribution in [3.63, 3.8) is 0 Å². The lowest BCUT2D eigenvalue weighted by molar-refractivity contribution is 0.219. The highest BCUT2D eigenvalue weighted by atomic mass is 16.5. The fraction of sp³-hybridized carbons (Fsp3) is 0.438. The minimum atomic E-state index is -0.0256. The Kier molecular flexibility index (Phi) is 3.84. The summed E-state index contributed by atoms with van der Waals surface area (Å²) in [5, 5.41) is 0. The highest BCUT2D eigenvalue weighted by molar-refractivity contribution is 5.60. The molecular formula is C16H21N3O2. The summed E-state index contributed by atoms with van der Waals surface area (Å²) < 4.78 is 7.09. The molecule has 0 radical (unpaired) electrons. The number of benzene rings is 1. The third kappa shape index (κ3) is 2.88. The van der Waals surface area contributed by atoms with E-state index in [1.165, 1.54) is 0 Å². The number of likely N-dealkylation sites (tertiary alicyclic amines) is 1. The van der Waals surface area contributed by atoms with Gasteiger partial charge in [0.25, 0.3) is 0 Å². The van der Waals surface area contributed by atoms with Crippen molar-refractivity contribution in [2.24, 2.45) is 0 Å². The molecule has 0 amide bonds. The second kappa shape index (κ2) is 5.77. The molecular weight excluding hydrogens is 266 g/mol. The normalized spacial score (nSPS) is 17.0. The molecule has 0 aliphatic carbocycles. The average Bonchev–Trinajstić information content (AvgIpc) is 2.90. The van der Waals surface area contributed by atoms with Gasteiger partial charge in [0.15, 0.2) is 0 Å². The number of nitrogens with zero attached hydrogens (tertiary/aromatic N) is 2. The Balaban J connectivity index is 1.88. The fourth-order valence-electron chi connectivity index (χ4n) is 2.89. The first kappa shape index (κ1) is 13.9.